The van der Waals surface area contributed by atoms with E-state index < -0.39 is 12.3 Å². The SMILES string of the molecule is CCCCCCCC(OCC)C(C)OC(=O)O. The third kappa shape index (κ3) is 8.98. The molecule has 0 aromatic rings. The Labute approximate surface area is 104 Å². The predicted octanol–water partition coefficient (Wildman–Crippen LogP) is 3.84. The van der Waals surface area contributed by atoms with Crippen molar-refractivity contribution in [1.29, 1.82) is 0 Å². The van der Waals surface area contributed by atoms with Crippen LogP contribution in [-0.4, -0.2) is 30.1 Å². The molecule has 4 heteroatoms. The molecule has 17 heavy (non-hydrogen) atoms. The summed E-state index contributed by atoms with van der Waals surface area (Å²) in [6.07, 6.45) is 5.11. The lowest BCUT2D eigenvalue weighted by atomic mass is 10.1. The first-order chi connectivity index (χ1) is 8.11. The number of carbonyl (C=O) groups is 1. The maximum atomic E-state index is 10.5. The summed E-state index contributed by atoms with van der Waals surface area (Å²) in [7, 11) is 0. The molecule has 0 fully saturated rings. The Morgan fingerprint density at radius 2 is 1.82 bits per heavy atom. The zero-order chi connectivity index (χ0) is 13.1. The lowest BCUT2D eigenvalue weighted by molar-refractivity contribution is -0.0492. The van der Waals surface area contributed by atoms with E-state index in [0.717, 1.165) is 12.8 Å². The molecular formula is C13H26O4. The van der Waals surface area contributed by atoms with E-state index in [2.05, 4.69) is 6.92 Å². The van der Waals surface area contributed by atoms with Gasteiger partial charge in [0, 0.05) is 6.61 Å². The molecule has 0 saturated carbocycles. The fraction of sp³-hybridized carbons (Fsp3) is 0.923. The van der Waals surface area contributed by atoms with E-state index in [-0.39, 0.29) is 6.10 Å². The normalized spacial score (nSPS) is 14.3. The summed E-state index contributed by atoms with van der Waals surface area (Å²) >= 11 is 0. The van der Waals surface area contributed by atoms with Crippen molar-refractivity contribution in [2.45, 2.75) is 71.5 Å². The average molecular weight is 246 g/mol. The van der Waals surface area contributed by atoms with Crippen LogP contribution in [0, 0.1) is 0 Å². The highest BCUT2D eigenvalue weighted by atomic mass is 16.7. The molecule has 0 radical (unpaired) electrons. The Balaban J connectivity index is 3.84. The predicted molar refractivity (Wildman–Crippen MR) is 67.4 cm³/mol. The zero-order valence-electron chi connectivity index (χ0n) is 11.3. The Kier molecular flexibility index (Phi) is 9.92. The summed E-state index contributed by atoms with van der Waals surface area (Å²) in [5.74, 6) is 0. The fourth-order valence-electron chi connectivity index (χ4n) is 1.85. The molecule has 0 heterocycles. The van der Waals surface area contributed by atoms with Gasteiger partial charge in [0.25, 0.3) is 0 Å². The number of carboxylic acid groups (broad SMARTS) is 1. The summed E-state index contributed by atoms with van der Waals surface area (Å²) in [6.45, 7) is 6.44. The molecule has 0 spiro atoms. The maximum absolute atomic E-state index is 10.5. The Bertz CT molecular complexity index is 194. The van der Waals surface area contributed by atoms with Crippen molar-refractivity contribution in [2.75, 3.05) is 6.61 Å². The van der Waals surface area contributed by atoms with Gasteiger partial charge < -0.3 is 14.6 Å². The number of rotatable bonds is 10. The zero-order valence-corrected chi connectivity index (χ0v) is 11.3. The van der Waals surface area contributed by atoms with E-state index in [0.29, 0.717) is 6.61 Å². The third-order valence-corrected chi connectivity index (χ3v) is 2.78. The first kappa shape index (κ1) is 16.2. The molecule has 0 aromatic carbocycles. The first-order valence-corrected chi connectivity index (χ1v) is 6.63. The van der Waals surface area contributed by atoms with Crippen LogP contribution in [0.15, 0.2) is 0 Å². The van der Waals surface area contributed by atoms with Crippen molar-refractivity contribution >= 4 is 6.16 Å². The van der Waals surface area contributed by atoms with Crippen LogP contribution >= 0.6 is 0 Å². The lowest BCUT2D eigenvalue weighted by Gasteiger charge is -2.22. The molecule has 102 valence electrons. The first-order valence-electron chi connectivity index (χ1n) is 6.63. The van der Waals surface area contributed by atoms with Crippen molar-refractivity contribution in [2.24, 2.45) is 0 Å². The molecule has 0 aliphatic rings. The highest BCUT2D eigenvalue weighted by Gasteiger charge is 2.20. The fourth-order valence-corrected chi connectivity index (χ4v) is 1.85. The number of hydrogen-bond donors (Lipinski definition) is 1. The molecule has 0 saturated heterocycles. The minimum absolute atomic E-state index is 0.113. The average Bonchev–Trinajstić information content (AvgIpc) is 2.26. The van der Waals surface area contributed by atoms with E-state index in [4.69, 9.17) is 14.6 Å². The van der Waals surface area contributed by atoms with Crippen molar-refractivity contribution in [3.63, 3.8) is 0 Å². The second-order valence-corrected chi connectivity index (χ2v) is 4.29. The van der Waals surface area contributed by atoms with Crippen molar-refractivity contribution in [1.82, 2.24) is 0 Å². The Morgan fingerprint density at radius 3 is 2.35 bits per heavy atom. The molecule has 0 amide bonds. The molecular weight excluding hydrogens is 220 g/mol. The molecule has 2 unspecified atom stereocenters. The van der Waals surface area contributed by atoms with Crippen LogP contribution in [0.3, 0.4) is 0 Å². The summed E-state index contributed by atoms with van der Waals surface area (Å²) in [6, 6.07) is 0. The van der Waals surface area contributed by atoms with Gasteiger partial charge in [-0.05, 0) is 20.3 Å². The minimum Gasteiger partial charge on any atom is -0.450 e. The number of ether oxygens (including phenoxy) is 2. The lowest BCUT2D eigenvalue weighted by Crippen LogP contribution is -2.30. The van der Waals surface area contributed by atoms with E-state index in [1.165, 1.54) is 25.7 Å². The molecule has 0 aliphatic carbocycles. The van der Waals surface area contributed by atoms with Crippen molar-refractivity contribution < 1.29 is 19.4 Å². The highest BCUT2D eigenvalue weighted by molar-refractivity contribution is 5.57. The van der Waals surface area contributed by atoms with Gasteiger partial charge in [0.05, 0.1) is 6.10 Å². The van der Waals surface area contributed by atoms with Gasteiger partial charge in [-0.2, -0.15) is 0 Å². The molecule has 4 nitrogen and oxygen atoms in total. The van der Waals surface area contributed by atoms with Crippen molar-refractivity contribution in [3.8, 4) is 0 Å². The van der Waals surface area contributed by atoms with Gasteiger partial charge in [0.15, 0.2) is 0 Å². The molecule has 0 rings (SSSR count). The topological polar surface area (TPSA) is 55.8 Å². The maximum Gasteiger partial charge on any atom is 0.506 e. The minimum atomic E-state index is -1.23. The van der Waals surface area contributed by atoms with Gasteiger partial charge in [0.2, 0.25) is 0 Å². The van der Waals surface area contributed by atoms with E-state index in [9.17, 15) is 4.79 Å². The van der Waals surface area contributed by atoms with Gasteiger partial charge in [0.1, 0.15) is 6.10 Å². The molecule has 1 N–H and O–H groups in total. The molecule has 2 atom stereocenters. The molecule has 0 bridgehead atoms. The summed E-state index contributed by atoms with van der Waals surface area (Å²) < 4.78 is 10.3. The Hall–Kier alpha value is -0.770. The van der Waals surface area contributed by atoms with E-state index in [1.54, 1.807) is 6.92 Å². The third-order valence-electron chi connectivity index (χ3n) is 2.78. The summed E-state index contributed by atoms with van der Waals surface area (Å²) in [4.78, 5) is 10.5. The van der Waals surface area contributed by atoms with Crippen LogP contribution in [0.5, 0.6) is 0 Å². The van der Waals surface area contributed by atoms with Gasteiger partial charge in [-0.25, -0.2) is 4.79 Å². The Morgan fingerprint density at radius 1 is 1.18 bits per heavy atom. The number of hydrogen-bond acceptors (Lipinski definition) is 3. The van der Waals surface area contributed by atoms with Crippen LogP contribution in [-0.2, 0) is 9.47 Å². The summed E-state index contributed by atoms with van der Waals surface area (Å²) in [5.41, 5.74) is 0. The summed E-state index contributed by atoms with van der Waals surface area (Å²) in [5, 5.41) is 8.56. The van der Waals surface area contributed by atoms with Crippen LogP contribution in [0.1, 0.15) is 59.3 Å². The van der Waals surface area contributed by atoms with Crippen LogP contribution < -0.4 is 0 Å². The molecule has 0 aromatic heterocycles. The second-order valence-electron chi connectivity index (χ2n) is 4.29. The van der Waals surface area contributed by atoms with Crippen LogP contribution in [0.4, 0.5) is 4.79 Å². The number of unbranched alkanes of at least 4 members (excludes halogenated alkanes) is 4. The molecule has 0 aliphatic heterocycles. The van der Waals surface area contributed by atoms with Crippen LogP contribution in [0.2, 0.25) is 0 Å². The van der Waals surface area contributed by atoms with Gasteiger partial charge in [-0.3, -0.25) is 0 Å². The van der Waals surface area contributed by atoms with E-state index >= 15 is 0 Å². The highest BCUT2D eigenvalue weighted by Crippen LogP contribution is 2.14. The van der Waals surface area contributed by atoms with Gasteiger partial charge in [-0.1, -0.05) is 39.0 Å². The van der Waals surface area contributed by atoms with Gasteiger partial charge in [-0.15, -0.1) is 0 Å². The van der Waals surface area contributed by atoms with Crippen molar-refractivity contribution in [3.05, 3.63) is 0 Å². The van der Waals surface area contributed by atoms with Gasteiger partial charge >= 0.3 is 6.16 Å². The standard InChI is InChI=1S/C13H26O4/c1-4-6-7-8-9-10-12(16-5-2)11(3)17-13(14)15/h11-12H,4-10H2,1-3H3,(H,14,15). The monoisotopic (exact) mass is 246 g/mol. The smallest absolute Gasteiger partial charge is 0.450 e. The quantitative estimate of drug-likeness (QED) is 0.470. The van der Waals surface area contributed by atoms with Crippen LogP contribution in [0.25, 0.3) is 0 Å². The largest absolute Gasteiger partial charge is 0.506 e. The van der Waals surface area contributed by atoms with E-state index in [1.807, 2.05) is 6.92 Å². The second kappa shape index (κ2) is 10.4.